The minimum absolute atomic E-state index is 0. The number of halogens is 1. The predicted octanol–water partition coefficient (Wildman–Crippen LogP) is 1.40. The van der Waals surface area contributed by atoms with Gasteiger partial charge in [-0.1, -0.05) is 37.3 Å². The van der Waals surface area contributed by atoms with E-state index in [2.05, 4.69) is 10.6 Å². The number of rotatable bonds is 8. The third kappa shape index (κ3) is 8.00. The number of nitrogens with one attached hydrogen (secondary N) is 2. The van der Waals surface area contributed by atoms with Crippen molar-refractivity contribution in [1.29, 1.82) is 0 Å². The summed E-state index contributed by atoms with van der Waals surface area (Å²) in [4.78, 5) is 23.4. The maximum Gasteiger partial charge on any atom is 0.237 e. The van der Waals surface area contributed by atoms with Crippen molar-refractivity contribution >= 4 is 24.2 Å². The number of amides is 2. The van der Waals surface area contributed by atoms with Crippen molar-refractivity contribution in [2.24, 2.45) is 5.73 Å². The van der Waals surface area contributed by atoms with E-state index in [4.69, 9.17) is 5.73 Å². The van der Waals surface area contributed by atoms with Crippen molar-refractivity contribution in [2.75, 3.05) is 6.54 Å². The molecule has 0 aliphatic heterocycles. The van der Waals surface area contributed by atoms with Crippen LogP contribution < -0.4 is 16.4 Å². The zero-order valence-electron chi connectivity index (χ0n) is 13.2. The molecule has 1 rings (SSSR count). The summed E-state index contributed by atoms with van der Waals surface area (Å²) in [5.41, 5.74) is 6.88. The molecule has 4 N–H and O–H groups in total. The van der Waals surface area contributed by atoms with E-state index < -0.39 is 6.04 Å². The number of benzene rings is 1. The monoisotopic (exact) mass is 327 g/mol. The van der Waals surface area contributed by atoms with Gasteiger partial charge in [0.25, 0.3) is 0 Å². The standard InChI is InChI=1S/C16H25N3O2.ClH/c1-3-12(2)19-15(20)9-10-18-16(21)14(17)11-13-7-5-4-6-8-13;/h4-8,12,14H,3,9-11,17H2,1-2H3,(H,18,21)(H,19,20);1H. The van der Waals surface area contributed by atoms with Crippen LogP contribution in [0.4, 0.5) is 0 Å². The second-order valence-corrected chi connectivity index (χ2v) is 5.21. The van der Waals surface area contributed by atoms with Gasteiger partial charge in [-0.2, -0.15) is 0 Å². The maximum absolute atomic E-state index is 11.8. The van der Waals surface area contributed by atoms with Crippen molar-refractivity contribution < 1.29 is 9.59 Å². The average molecular weight is 328 g/mol. The summed E-state index contributed by atoms with van der Waals surface area (Å²) in [6, 6.07) is 9.20. The normalized spacial score (nSPS) is 12.7. The summed E-state index contributed by atoms with van der Waals surface area (Å²) >= 11 is 0. The minimum atomic E-state index is -0.593. The van der Waals surface area contributed by atoms with Crippen LogP contribution in [0.2, 0.25) is 0 Å². The summed E-state index contributed by atoms with van der Waals surface area (Å²) in [6.07, 6.45) is 1.65. The molecule has 0 fully saturated rings. The van der Waals surface area contributed by atoms with Crippen LogP contribution in [0.1, 0.15) is 32.3 Å². The third-order valence-corrected chi connectivity index (χ3v) is 3.31. The van der Waals surface area contributed by atoms with Gasteiger partial charge in [-0.15, -0.1) is 12.4 Å². The Labute approximate surface area is 138 Å². The largest absolute Gasteiger partial charge is 0.354 e. The Balaban J connectivity index is 0.00000441. The molecule has 124 valence electrons. The highest BCUT2D eigenvalue weighted by Crippen LogP contribution is 2.01. The molecule has 0 saturated heterocycles. The van der Waals surface area contributed by atoms with Gasteiger partial charge in [-0.3, -0.25) is 9.59 Å². The molecular weight excluding hydrogens is 302 g/mol. The molecule has 2 atom stereocenters. The van der Waals surface area contributed by atoms with Gasteiger partial charge in [0.15, 0.2) is 0 Å². The van der Waals surface area contributed by atoms with Crippen molar-refractivity contribution in [3.8, 4) is 0 Å². The second kappa shape index (κ2) is 11.0. The molecule has 0 saturated carbocycles. The zero-order chi connectivity index (χ0) is 15.7. The van der Waals surface area contributed by atoms with Crippen LogP contribution in [0.15, 0.2) is 30.3 Å². The van der Waals surface area contributed by atoms with Gasteiger partial charge < -0.3 is 16.4 Å². The highest BCUT2D eigenvalue weighted by Gasteiger charge is 2.14. The van der Waals surface area contributed by atoms with Gasteiger partial charge in [0.05, 0.1) is 6.04 Å². The molecule has 5 nitrogen and oxygen atoms in total. The molecule has 0 aromatic heterocycles. The lowest BCUT2D eigenvalue weighted by atomic mass is 10.1. The van der Waals surface area contributed by atoms with Crippen molar-refractivity contribution in [2.45, 2.75) is 45.2 Å². The summed E-state index contributed by atoms with van der Waals surface area (Å²) in [6.45, 7) is 4.27. The Hall–Kier alpha value is -1.59. The van der Waals surface area contributed by atoms with Crippen LogP contribution in [0.5, 0.6) is 0 Å². The SMILES string of the molecule is CCC(C)NC(=O)CCNC(=O)C(N)Cc1ccccc1.Cl. The number of nitrogens with two attached hydrogens (primary N) is 1. The lowest BCUT2D eigenvalue weighted by molar-refractivity contribution is -0.123. The van der Waals surface area contributed by atoms with E-state index in [9.17, 15) is 9.59 Å². The fourth-order valence-electron chi connectivity index (χ4n) is 1.84. The summed E-state index contributed by atoms with van der Waals surface area (Å²) in [7, 11) is 0. The highest BCUT2D eigenvalue weighted by molar-refractivity contribution is 5.85. The molecule has 1 aromatic carbocycles. The first-order valence-electron chi connectivity index (χ1n) is 7.39. The molecule has 1 aromatic rings. The molecule has 0 bridgehead atoms. The molecule has 0 aliphatic carbocycles. The molecular formula is C16H26ClN3O2. The second-order valence-electron chi connectivity index (χ2n) is 5.21. The van der Waals surface area contributed by atoms with E-state index in [1.807, 2.05) is 44.2 Å². The van der Waals surface area contributed by atoms with E-state index in [1.54, 1.807) is 0 Å². The Morgan fingerprint density at radius 2 is 1.86 bits per heavy atom. The number of carbonyl (C=O) groups excluding carboxylic acids is 2. The first-order valence-corrected chi connectivity index (χ1v) is 7.39. The Morgan fingerprint density at radius 3 is 2.45 bits per heavy atom. The Morgan fingerprint density at radius 1 is 1.23 bits per heavy atom. The summed E-state index contributed by atoms with van der Waals surface area (Å²) < 4.78 is 0. The molecule has 2 amide bonds. The van der Waals surface area contributed by atoms with Crippen molar-refractivity contribution in [3.63, 3.8) is 0 Å². The molecule has 0 heterocycles. The lowest BCUT2D eigenvalue weighted by Crippen LogP contribution is -2.43. The average Bonchev–Trinajstić information content (AvgIpc) is 2.47. The van der Waals surface area contributed by atoms with Crippen LogP contribution in [0.25, 0.3) is 0 Å². The van der Waals surface area contributed by atoms with Gasteiger partial charge >= 0.3 is 0 Å². The topological polar surface area (TPSA) is 84.2 Å². The van der Waals surface area contributed by atoms with Gasteiger partial charge in [0, 0.05) is 19.0 Å². The van der Waals surface area contributed by atoms with Crippen LogP contribution in [0.3, 0.4) is 0 Å². The molecule has 6 heteroatoms. The predicted molar refractivity (Wildman–Crippen MR) is 90.9 cm³/mol. The van der Waals surface area contributed by atoms with Gasteiger partial charge in [0.2, 0.25) is 11.8 Å². The highest BCUT2D eigenvalue weighted by atomic mass is 35.5. The fraction of sp³-hybridized carbons (Fsp3) is 0.500. The van der Waals surface area contributed by atoms with Crippen LogP contribution >= 0.6 is 12.4 Å². The van der Waals surface area contributed by atoms with E-state index in [0.29, 0.717) is 13.0 Å². The van der Waals surface area contributed by atoms with Gasteiger partial charge in [-0.25, -0.2) is 0 Å². The Kier molecular flexibility index (Phi) is 10.2. The van der Waals surface area contributed by atoms with Crippen molar-refractivity contribution in [3.05, 3.63) is 35.9 Å². The Bertz CT molecular complexity index is 454. The number of hydrogen-bond acceptors (Lipinski definition) is 3. The van der Waals surface area contributed by atoms with Gasteiger partial charge in [-0.05, 0) is 25.3 Å². The fourth-order valence-corrected chi connectivity index (χ4v) is 1.84. The van der Waals surface area contributed by atoms with E-state index >= 15 is 0 Å². The quantitative estimate of drug-likeness (QED) is 0.674. The lowest BCUT2D eigenvalue weighted by Gasteiger charge is -2.14. The smallest absolute Gasteiger partial charge is 0.237 e. The molecule has 2 unspecified atom stereocenters. The third-order valence-electron chi connectivity index (χ3n) is 3.31. The molecule has 22 heavy (non-hydrogen) atoms. The molecule has 0 radical (unpaired) electrons. The van der Waals surface area contributed by atoms with Crippen LogP contribution in [0, 0.1) is 0 Å². The first kappa shape index (κ1) is 20.4. The summed E-state index contributed by atoms with van der Waals surface area (Å²) in [5.74, 6) is -0.281. The first-order chi connectivity index (χ1) is 10.0. The number of hydrogen-bond donors (Lipinski definition) is 3. The van der Waals surface area contributed by atoms with Crippen LogP contribution in [-0.4, -0.2) is 30.4 Å². The minimum Gasteiger partial charge on any atom is -0.354 e. The van der Waals surface area contributed by atoms with E-state index in [1.165, 1.54) is 0 Å². The summed E-state index contributed by atoms with van der Waals surface area (Å²) in [5, 5.41) is 5.55. The zero-order valence-corrected chi connectivity index (χ0v) is 14.0. The molecule has 0 spiro atoms. The number of carbonyl (C=O) groups is 2. The molecule has 0 aliphatic rings. The maximum atomic E-state index is 11.8. The van der Waals surface area contributed by atoms with Crippen LogP contribution in [-0.2, 0) is 16.0 Å². The van der Waals surface area contributed by atoms with E-state index in [-0.39, 0.29) is 36.7 Å². The van der Waals surface area contributed by atoms with Gasteiger partial charge in [0.1, 0.15) is 0 Å². The van der Waals surface area contributed by atoms with E-state index in [0.717, 1.165) is 12.0 Å². The van der Waals surface area contributed by atoms with Crippen molar-refractivity contribution in [1.82, 2.24) is 10.6 Å².